The minimum Gasteiger partial charge on any atom is -0.480 e. The molecule has 0 spiro atoms. The van der Waals surface area contributed by atoms with Crippen LogP contribution < -0.4 is 0 Å². The number of aliphatic carboxylic acids is 1. The Labute approximate surface area is 83.5 Å². The van der Waals surface area contributed by atoms with Crippen LogP contribution in [0.15, 0.2) is 0 Å². The second-order valence-corrected chi connectivity index (χ2v) is 4.82. The fourth-order valence-electron chi connectivity index (χ4n) is 1.50. The lowest BCUT2D eigenvalue weighted by atomic mass is 10.2. The average molecular weight is 203 g/mol. The molecule has 0 aliphatic carbocycles. The van der Waals surface area contributed by atoms with Gasteiger partial charge in [0.2, 0.25) is 0 Å². The Balaban J connectivity index is 2.46. The van der Waals surface area contributed by atoms with Crippen molar-refractivity contribution in [2.75, 3.05) is 18.8 Å². The summed E-state index contributed by atoms with van der Waals surface area (Å²) in [5, 5.41) is 9.47. The van der Waals surface area contributed by atoms with Crippen LogP contribution in [0.1, 0.15) is 20.3 Å². The minimum atomic E-state index is -0.707. The van der Waals surface area contributed by atoms with Gasteiger partial charge in [-0.05, 0) is 13.3 Å². The van der Waals surface area contributed by atoms with E-state index in [4.69, 9.17) is 5.11 Å². The second-order valence-electron chi connectivity index (χ2n) is 3.41. The van der Waals surface area contributed by atoms with Gasteiger partial charge in [0.05, 0.1) is 0 Å². The monoisotopic (exact) mass is 203 g/mol. The third kappa shape index (κ3) is 2.88. The molecule has 1 aliphatic rings. The van der Waals surface area contributed by atoms with E-state index in [0.29, 0.717) is 5.25 Å². The van der Waals surface area contributed by atoms with E-state index in [1.54, 1.807) is 6.92 Å². The van der Waals surface area contributed by atoms with Crippen molar-refractivity contribution in [3.05, 3.63) is 0 Å². The summed E-state index contributed by atoms with van der Waals surface area (Å²) in [5.74, 6) is 0.359. The summed E-state index contributed by atoms with van der Waals surface area (Å²) >= 11 is 1.96. The summed E-state index contributed by atoms with van der Waals surface area (Å²) in [6.45, 7) is 5.76. The van der Waals surface area contributed by atoms with E-state index in [-0.39, 0.29) is 6.04 Å². The Bertz CT molecular complexity index is 186. The summed E-state index contributed by atoms with van der Waals surface area (Å²) in [6, 6.07) is -0.324. The molecule has 1 fully saturated rings. The van der Waals surface area contributed by atoms with Gasteiger partial charge in [0, 0.05) is 24.1 Å². The molecule has 2 unspecified atom stereocenters. The maximum atomic E-state index is 10.7. The zero-order valence-corrected chi connectivity index (χ0v) is 9.01. The average Bonchev–Trinajstić information content (AvgIpc) is 2.16. The van der Waals surface area contributed by atoms with Crippen molar-refractivity contribution in [2.45, 2.75) is 31.6 Å². The molecule has 0 saturated carbocycles. The molecule has 0 aromatic carbocycles. The molecule has 0 radical (unpaired) electrons. The smallest absolute Gasteiger partial charge is 0.320 e. The van der Waals surface area contributed by atoms with E-state index in [1.165, 1.54) is 0 Å². The van der Waals surface area contributed by atoms with E-state index < -0.39 is 5.97 Å². The van der Waals surface area contributed by atoms with Crippen molar-refractivity contribution in [3.8, 4) is 0 Å². The zero-order valence-electron chi connectivity index (χ0n) is 8.19. The number of hydrogen-bond donors (Lipinski definition) is 1. The van der Waals surface area contributed by atoms with Gasteiger partial charge in [0.25, 0.3) is 0 Å². The van der Waals surface area contributed by atoms with Gasteiger partial charge in [0.1, 0.15) is 6.04 Å². The van der Waals surface area contributed by atoms with Gasteiger partial charge < -0.3 is 5.11 Å². The Morgan fingerprint density at radius 1 is 1.77 bits per heavy atom. The van der Waals surface area contributed by atoms with Crippen LogP contribution in [0, 0.1) is 0 Å². The van der Waals surface area contributed by atoms with E-state index in [9.17, 15) is 4.79 Å². The molecule has 0 aromatic rings. The van der Waals surface area contributed by atoms with Gasteiger partial charge in [-0.1, -0.05) is 6.92 Å². The second kappa shape index (κ2) is 4.86. The van der Waals surface area contributed by atoms with Crippen LogP contribution in [0.25, 0.3) is 0 Å². The molecule has 0 amide bonds. The number of thioether (sulfide) groups is 1. The maximum Gasteiger partial charge on any atom is 0.320 e. The number of hydrogen-bond acceptors (Lipinski definition) is 3. The van der Waals surface area contributed by atoms with E-state index in [0.717, 1.165) is 25.3 Å². The van der Waals surface area contributed by atoms with E-state index >= 15 is 0 Å². The molecule has 13 heavy (non-hydrogen) atoms. The fraction of sp³-hybridized carbons (Fsp3) is 0.889. The number of carbonyl (C=O) groups is 1. The summed E-state index contributed by atoms with van der Waals surface area (Å²) < 4.78 is 0. The van der Waals surface area contributed by atoms with Gasteiger partial charge in [-0.25, -0.2) is 0 Å². The first-order valence-electron chi connectivity index (χ1n) is 4.73. The lowest BCUT2D eigenvalue weighted by Gasteiger charge is -2.34. The molecule has 1 rings (SSSR count). The maximum absolute atomic E-state index is 10.7. The third-order valence-electron chi connectivity index (χ3n) is 2.53. The molecule has 76 valence electrons. The van der Waals surface area contributed by atoms with Crippen molar-refractivity contribution in [1.29, 1.82) is 0 Å². The molecule has 0 bridgehead atoms. The summed E-state index contributed by atoms with van der Waals surface area (Å²) in [6.07, 6.45) is 1.13. The van der Waals surface area contributed by atoms with Crippen LogP contribution in [0.2, 0.25) is 0 Å². The Hall–Kier alpha value is -0.220. The molecule has 1 aliphatic heterocycles. The predicted octanol–water partition coefficient (Wildman–Crippen LogP) is 1.29. The highest BCUT2D eigenvalue weighted by Gasteiger charge is 2.26. The SMILES string of the molecule is CCC1CN(C(C)C(=O)O)CCS1. The highest BCUT2D eigenvalue weighted by atomic mass is 32.2. The third-order valence-corrected chi connectivity index (χ3v) is 3.90. The van der Waals surface area contributed by atoms with Crippen molar-refractivity contribution in [2.24, 2.45) is 0 Å². The summed E-state index contributed by atoms with van der Waals surface area (Å²) in [4.78, 5) is 12.8. The lowest BCUT2D eigenvalue weighted by Crippen LogP contribution is -2.46. The van der Waals surface area contributed by atoms with Crippen molar-refractivity contribution < 1.29 is 9.90 Å². The molecule has 1 heterocycles. The first kappa shape index (κ1) is 10.9. The Morgan fingerprint density at radius 3 is 3.00 bits per heavy atom. The predicted molar refractivity (Wildman–Crippen MR) is 55.2 cm³/mol. The van der Waals surface area contributed by atoms with Crippen LogP contribution in [0.3, 0.4) is 0 Å². The van der Waals surface area contributed by atoms with Crippen molar-refractivity contribution >= 4 is 17.7 Å². The molecule has 0 aromatic heterocycles. The van der Waals surface area contributed by atoms with Crippen molar-refractivity contribution in [1.82, 2.24) is 4.90 Å². The number of carboxylic acid groups (broad SMARTS) is 1. The number of carboxylic acids is 1. The molecule has 3 nitrogen and oxygen atoms in total. The highest BCUT2D eigenvalue weighted by molar-refractivity contribution is 8.00. The zero-order chi connectivity index (χ0) is 9.84. The van der Waals surface area contributed by atoms with Crippen LogP contribution in [-0.4, -0.2) is 46.1 Å². The molecular weight excluding hydrogens is 186 g/mol. The lowest BCUT2D eigenvalue weighted by molar-refractivity contribution is -0.142. The Morgan fingerprint density at radius 2 is 2.46 bits per heavy atom. The van der Waals surface area contributed by atoms with Crippen LogP contribution in [-0.2, 0) is 4.79 Å². The standard InChI is InChI=1S/C9H17NO2S/c1-3-8-6-10(4-5-13-8)7(2)9(11)12/h7-8H,3-6H2,1-2H3,(H,11,12). The number of nitrogens with zero attached hydrogens (tertiary/aromatic N) is 1. The molecule has 2 atom stereocenters. The molecule has 1 saturated heterocycles. The molecular formula is C9H17NO2S. The quantitative estimate of drug-likeness (QED) is 0.750. The fourth-order valence-corrected chi connectivity index (χ4v) is 2.70. The van der Waals surface area contributed by atoms with Gasteiger partial charge in [0.15, 0.2) is 0 Å². The minimum absolute atomic E-state index is 0.324. The summed E-state index contributed by atoms with van der Waals surface area (Å²) in [5.41, 5.74) is 0. The van der Waals surface area contributed by atoms with Crippen LogP contribution in [0.5, 0.6) is 0 Å². The molecule has 1 N–H and O–H groups in total. The van der Waals surface area contributed by atoms with Gasteiger partial charge in [-0.3, -0.25) is 9.69 Å². The van der Waals surface area contributed by atoms with Gasteiger partial charge in [-0.15, -0.1) is 0 Å². The highest BCUT2D eigenvalue weighted by Crippen LogP contribution is 2.22. The van der Waals surface area contributed by atoms with Gasteiger partial charge in [-0.2, -0.15) is 11.8 Å². The van der Waals surface area contributed by atoms with Crippen molar-refractivity contribution in [3.63, 3.8) is 0 Å². The first-order valence-corrected chi connectivity index (χ1v) is 5.78. The topological polar surface area (TPSA) is 40.5 Å². The van der Waals surface area contributed by atoms with E-state index in [1.807, 2.05) is 11.8 Å². The molecule has 4 heteroatoms. The summed E-state index contributed by atoms with van der Waals surface area (Å²) in [7, 11) is 0. The van der Waals surface area contributed by atoms with Gasteiger partial charge >= 0.3 is 5.97 Å². The largest absolute Gasteiger partial charge is 0.480 e. The Kier molecular flexibility index (Phi) is 4.06. The number of rotatable bonds is 3. The van der Waals surface area contributed by atoms with Crippen LogP contribution in [0.4, 0.5) is 0 Å². The first-order chi connectivity index (χ1) is 6.15. The normalized spacial score (nSPS) is 27.1. The van der Waals surface area contributed by atoms with E-state index in [2.05, 4.69) is 11.8 Å². The van der Waals surface area contributed by atoms with Crippen LogP contribution >= 0.6 is 11.8 Å².